The molecule has 0 radical (unpaired) electrons. The molecule has 0 amide bonds. The van der Waals surface area contributed by atoms with Crippen molar-refractivity contribution in [3.8, 4) is 0 Å². The summed E-state index contributed by atoms with van der Waals surface area (Å²) >= 11 is 3.36. The SMILES string of the molecule is CC(CCn1cncn1)NCCc1cc(Br)ccc1F. The molecule has 1 unspecified atom stereocenters. The normalized spacial score (nSPS) is 12.6. The molecule has 0 aliphatic rings. The molecule has 0 fully saturated rings. The topological polar surface area (TPSA) is 42.7 Å². The number of aromatic nitrogens is 3. The van der Waals surface area contributed by atoms with E-state index in [1.54, 1.807) is 12.4 Å². The van der Waals surface area contributed by atoms with Crippen LogP contribution in [0.25, 0.3) is 0 Å². The fraction of sp³-hybridized carbons (Fsp3) is 0.429. The molecule has 0 saturated carbocycles. The van der Waals surface area contributed by atoms with Crippen molar-refractivity contribution in [3.63, 3.8) is 0 Å². The Morgan fingerprint density at radius 2 is 2.30 bits per heavy atom. The van der Waals surface area contributed by atoms with Gasteiger partial charge < -0.3 is 5.32 Å². The second-order valence-corrected chi connectivity index (χ2v) is 5.70. The van der Waals surface area contributed by atoms with Crippen molar-refractivity contribution in [2.45, 2.75) is 32.4 Å². The first-order valence-electron chi connectivity index (χ1n) is 6.65. The highest BCUT2D eigenvalue weighted by Gasteiger charge is 2.05. The Morgan fingerprint density at radius 1 is 1.45 bits per heavy atom. The van der Waals surface area contributed by atoms with Gasteiger partial charge in [0.05, 0.1) is 0 Å². The molecule has 1 atom stereocenters. The van der Waals surface area contributed by atoms with Gasteiger partial charge in [0.2, 0.25) is 0 Å². The number of hydrogen-bond acceptors (Lipinski definition) is 3. The van der Waals surface area contributed by atoms with Crippen LogP contribution in [0.4, 0.5) is 4.39 Å². The lowest BCUT2D eigenvalue weighted by molar-refractivity contribution is 0.458. The molecule has 2 rings (SSSR count). The van der Waals surface area contributed by atoms with Crippen LogP contribution < -0.4 is 5.32 Å². The van der Waals surface area contributed by atoms with Gasteiger partial charge in [0.25, 0.3) is 0 Å². The van der Waals surface area contributed by atoms with Crippen molar-refractivity contribution in [3.05, 3.63) is 46.7 Å². The lowest BCUT2D eigenvalue weighted by Crippen LogP contribution is -2.29. The van der Waals surface area contributed by atoms with Crippen LogP contribution in [0.5, 0.6) is 0 Å². The molecule has 0 spiro atoms. The van der Waals surface area contributed by atoms with E-state index in [1.165, 1.54) is 12.4 Å². The fourth-order valence-electron chi connectivity index (χ4n) is 1.96. The van der Waals surface area contributed by atoms with Crippen molar-refractivity contribution in [1.29, 1.82) is 0 Å². The van der Waals surface area contributed by atoms with Gasteiger partial charge in [0.1, 0.15) is 18.5 Å². The van der Waals surface area contributed by atoms with Gasteiger partial charge in [-0.1, -0.05) is 15.9 Å². The number of halogens is 2. The van der Waals surface area contributed by atoms with Gasteiger partial charge in [-0.3, -0.25) is 4.68 Å². The number of aryl methyl sites for hydroxylation is 1. The Labute approximate surface area is 126 Å². The first-order valence-corrected chi connectivity index (χ1v) is 7.44. The van der Waals surface area contributed by atoms with Crippen LogP contribution >= 0.6 is 15.9 Å². The van der Waals surface area contributed by atoms with E-state index in [-0.39, 0.29) is 5.82 Å². The van der Waals surface area contributed by atoms with Crippen LogP contribution in [0.15, 0.2) is 35.3 Å². The van der Waals surface area contributed by atoms with Gasteiger partial charge >= 0.3 is 0 Å². The number of benzene rings is 1. The van der Waals surface area contributed by atoms with Gasteiger partial charge in [-0.15, -0.1) is 0 Å². The second kappa shape index (κ2) is 7.50. The molecule has 6 heteroatoms. The first-order chi connectivity index (χ1) is 9.65. The van der Waals surface area contributed by atoms with Crippen LogP contribution in [0, 0.1) is 5.82 Å². The molecule has 0 aliphatic carbocycles. The van der Waals surface area contributed by atoms with Crippen molar-refractivity contribution in [2.24, 2.45) is 0 Å². The minimum atomic E-state index is -0.148. The molecule has 1 N–H and O–H groups in total. The number of nitrogens with zero attached hydrogens (tertiary/aromatic N) is 3. The average molecular weight is 341 g/mol. The first kappa shape index (κ1) is 15.1. The summed E-state index contributed by atoms with van der Waals surface area (Å²) in [6.45, 7) is 3.71. The highest BCUT2D eigenvalue weighted by molar-refractivity contribution is 9.10. The lowest BCUT2D eigenvalue weighted by Gasteiger charge is -2.13. The molecule has 1 aromatic carbocycles. The Hall–Kier alpha value is -1.27. The summed E-state index contributed by atoms with van der Waals surface area (Å²) in [5, 5.41) is 7.46. The number of rotatable bonds is 7. The molecular formula is C14H18BrFN4. The molecule has 4 nitrogen and oxygen atoms in total. The fourth-order valence-corrected chi connectivity index (χ4v) is 2.37. The Bertz CT molecular complexity index is 530. The van der Waals surface area contributed by atoms with E-state index in [2.05, 4.69) is 38.3 Å². The second-order valence-electron chi connectivity index (χ2n) is 4.79. The van der Waals surface area contributed by atoms with E-state index < -0.39 is 0 Å². The Kier molecular flexibility index (Phi) is 5.67. The summed E-state index contributed by atoms with van der Waals surface area (Å²) in [4.78, 5) is 3.91. The van der Waals surface area contributed by atoms with Crippen LogP contribution in [0.1, 0.15) is 18.9 Å². The minimum Gasteiger partial charge on any atom is -0.314 e. The molecule has 0 aliphatic heterocycles. The minimum absolute atomic E-state index is 0.148. The van der Waals surface area contributed by atoms with Crippen LogP contribution in [0.3, 0.4) is 0 Å². The van der Waals surface area contributed by atoms with Crippen LogP contribution in [-0.2, 0) is 13.0 Å². The zero-order valence-electron chi connectivity index (χ0n) is 11.4. The lowest BCUT2D eigenvalue weighted by atomic mass is 10.1. The summed E-state index contributed by atoms with van der Waals surface area (Å²) in [5.74, 6) is -0.148. The zero-order valence-corrected chi connectivity index (χ0v) is 13.0. The van der Waals surface area contributed by atoms with E-state index >= 15 is 0 Å². The molecule has 0 saturated heterocycles. The standard InChI is InChI=1S/C14H18BrFN4/c1-11(5-7-20-10-17-9-19-20)18-6-4-12-8-13(15)2-3-14(12)16/h2-3,8-11,18H,4-7H2,1H3. The van der Waals surface area contributed by atoms with E-state index in [9.17, 15) is 4.39 Å². The highest BCUT2D eigenvalue weighted by atomic mass is 79.9. The van der Waals surface area contributed by atoms with Crippen molar-refractivity contribution >= 4 is 15.9 Å². The molecule has 0 bridgehead atoms. The Balaban J connectivity index is 1.71. The summed E-state index contributed by atoms with van der Waals surface area (Å²) in [6, 6.07) is 5.40. The molecular weight excluding hydrogens is 323 g/mol. The quantitative estimate of drug-likeness (QED) is 0.842. The van der Waals surface area contributed by atoms with Gasteiger partial charge in [0.15, 0.2) is 0 Å². The average Bonchev–Trinajstić information content (AvgIpc) is 2.93. The van der Waals surface area contributed by atoms with Crippen molar-refractivity contribution < 1.29 is 4.39 Å². The molecule has 2 aromatic rings. The highest BCUT2D eigenvalue weighted by Crippen LogP contribution is 2.15. The van der Waals surface area contributed by atoms with Gasteiger partial charge in [0, 0.05) is 17.1 Å². The third kappa shape index (κ3) is 4.68. The van der Waals surface area contributed by atoms with E-state index in [4.69, 9.17) is 0 Å². The molecule has 1 aromatic heterocycles. The van der Waals surface area contributed by atoms with E-state index in [0.717, 1.165) is 29.5 Å². The maximum atomic E-state index is 13.6. The summed E-state index contributed by atoms with van der Waals surface area (Å²) < 4.78 is 16.3. The van der Waals surface area contributed by atoms with Crippen LogP contribution in [-0.4, -0.2) is 27.4 Å². The van der Waals surface area contributed by atoms with Crippen molar-refractivity contribution in [1.82, 2.24) is 20.1 Å². The predicted octanol–water partition coefficient (Wildman–Crippen LogP) is 2.79. The monoisotopic (exact) mass is 340 g/mol. The van der Waals surface area contributed by atoms with Gasteiger partial charge in [-0.25, -0.2) is 9.37 Å². The maximum absolute atomic E-state index is 13.6. The van der Waals surface area contributed by atoms with Crippen LogP contribution in [0.2, 0.25) is 0 Å². The molecule has 20 heavy (non-hydrogen) atoms. The van der Waals surface area contributed by atoms with E-state index in [0.29, 0.717) is 12.5 Å². The maximum Gasteiger partial charge on any atom is 0.137 e. The summed E-state index contributed by atoms with van der Waals surface area (Å²) in [5.41, 5.74) is 0.732. The third-order valence-corrected chi connectivity index (χ3v) is 3.65. The van der Waals surface area contributed by atoms with E-state index in [1.807, 2.05) is 10.7 Å². The largest absolute Gasteiger partial charge is 0.314 e. The molecule has 1 heterocycles. The third-order valence-electron chi connectivity index (χ3n) is 3.15. The number of hydrogen-bond donors (Lipinski definition) is 1. The predicted molar refractivity (Wildman–Crippen MR) is 79.9 cm³/mol. The zero-order chi connectivity index (χ0) is 14.4. The van der Waals surface area contributed by atoms with Crippen molar-refractivity contribution in [2.75, 3.05) is 6.54 Å². The van der Waals surface area contributed by atoms with Gasteiger partial charge in [-0.05, 0) is 50.1 Å². The summed E-state index contributed by atoms with van der Waals surface area (Å²) in [6.07, 6.45) is 4.89. The number of nitrogens with one attached hydrogen (secondary N) is 1. The Morgan fingerprint density at radius 3 is 3.05 bits per heavy atom. The molecule has 108 valence electrons. The van der Waals surface area contributed by atoms with Gasteiger partial charge in [-0.2, -0.15) is 5.10 Å². The summed E-state index contributed by atoms with van der Waals surface area (Å²) in [7, 11) is 0. The smallest absolute Gasteiger partial charge is 0.137 e.